The van der Waals surface area contributed by atoms with E-state index in [0.717, 1.165) is 0 Å². The molecule has 0 unspecified atom stereocenters. The Hall–Kier alpha value is -1.97. The Morgan fingerprint density at radius 3 is 2.48 bits per heavy atom. The van der Waals surface area contributed by atoms with E-state index in [9.17, 15) is 13.5 Å². The van der Waals surface area contributed by atoms with Gasteiger partial charge < -0.3 is 14.6 Å². The summed E-state index contributed by atoms with van der Waals surface area (Å²) in [4.78, 5) is 1.93. The Kier molecular flexibility index (Phi) is 6.15. The summed E-state index contributed by atoms with van der Waals surface area (Å²) in [7, 11) is -1.22. The molecule has 0 saturated heterocycles. The Morgan fingerprint density at radius 2 is 1.84 bits per heavy atom. The van der Waals surface area contributed by atoms with Gasteiger partial charge in [-0.2, -0.15) is 18.4 Å². The van der Waals surface area contributed by atoms with Crippen LogP contribution in [0.4, 0.5) is 0 Å². The molecule has 0 aliphatic carbocycles. The van der Waals surface area contributed by atoms with Crippen molar-refractivity contribution in [3.05, 3.63) is 45.4 Å². The predicted molar refractivity (Wildman–Crippen MR) is 98.3 cm³/mol. The summed E-state index contributed by atoms with van der Waals surface area (Å²) in [6, 6.07) is 7.34. The molecule has 0 saturated carbocycles. The minimum atomic E-state index is -3.99. The van der Waals surface area contributed by atoms with Gasteiger partial charge in [0.25, 0.3) is 10.0 Å². The summed E-state index contributed by atoms with van der Waals surface area (Å²) in [5, 5.41) is 13.9. The van der Waals surface area contributed by atoms with E-state index in [-0.39, 0.29) is 27.2 Å². The SMILES string of the molecule is COc1ccc(Cl)cc1S(=O)(=O)N/N=C/c1ccc(OC)c(O)c1Br. The van der Waals surface area contributed by atoms with Crippen molar-refractivity contribution in [2.75, 3.05) is 14.2 Å². The third kappa shape index (κ3) is 4.36. The van der Waals surface area contributed by atoms with E-state index in [1.807, 2.05) is 0 Å². The molecule has 7 nitrogen and oxygen atoms in total. The average Bonchev–Trinajstić information content (AvgIpc) is 2.58. The Morgan fingerprint density at radius 1 is 1.20 bits per heavy atom. The Labute approximate surface area is 158 Å². The summed E-state index contributed by atoms with van der Waals surface area (Å²) in [5.74, 6) is 0.287. The van der Waals surface area contributed by atoms with Crippen LogP contribution in [0.25, 0.3) is 0 Å². The largest absolute Gasteiger partial charge is 0.503 e. The van der Waals surface area contributed by atoms with Crippen LogP contribution >= 0.6 is 27.5 Å². The molecule has 0 bridgehead atoms. The maximum Gasteiger partial charge on any atom is 0.280 e. The first-order valence-corrected chi connectivity index (χ1v) is 9.39. The second kappa shape index (κ2) is 7.94. The van der Waals surface area contributed by atoms with Crippen LogP contribution in [0.1, 0.15) is 5.56 Å². The highest BCUT2D eigenvalue weighted by molar-refractivity contribution is 9.10. The Balaban J connectivity index is 2.27. The van der Waals surface area contributed by atoms with Crippen LogP contribution in [-0.2, 0) is 10.0 Å². The number of hydrogen-bond acceptors (Lipinski definition) is 6. The number of halogens is 2. The fourth-order valence-electron chi connectivity index (χ4n) is 1.90. The van der Waals surface area contributed by atoms with E-state index in [4.69, 9.17) is 21.1 Å². The molecule has 0 aliphatic heterocycles. The number of phenols is 1. The molecule has 134 valence electrons. The number of hydrazone groups is 1. The molecule has 25 heavy (non-hydrogen) atoms. The zero-order chi connectivity index (χ0) is 18.6. The molecule has 0 amide bonds. The summed E-state index contributed by atoms with van der Waals surface area (Å²) < 4.78 is 35.0. The molecule has 2 rings (SSSR count). The molecular weight excluding hydrogens is 436 g/mol. The van der Waals surface area contributed by atoms with Crippen molar-refractivity contribution < 1.29 is 23.0 Å². The first-order chi connectivity index (χ1) is 11.8. The van der Waals surface area contributed by atoms with Gasteiger partial charge in [-0.1, -0.05) is 11.6 Å². The molecule has 2 N–H and O–H groups in total. The molecule has 2 aromatic carbocycles. The van der Waals surface area contributed by atoms with Gasteiger partial charge in [0.2, 0.25) is 0 Å². The van der Waals surface area contributed by atoms with Gasteiger partial charge in [0.1, 0.15) is 10.6 Å². The van der Waals surface area contributed by atoms with Crippen molar-refractivity contribution in [2.45, 2.75) is 4.90 Å². The van der Waals surface area contributed by atoms with E-state index >= 15 is 0 Å². The highest BCUT2D eigenvalue weighted by Gasteiger charge is 2.19. The fourth-order valence-corrected chi connectivity index (χ4v) is 3.56. The fraction of sp³-hybridized carbons (Fsp3) is 0.133. The monoisotopic (exact) mass is 448 g/mol. The normalized spacial score (nSPS) is 11.5. The highest BCUT2D eigenvalue weighted by atomic mass is 79.9. The molecule has 0 heterocycles. The summed E-state index contributed by atoms with van der Waals surface area (Å²) in [6.07, 6.45) is 1.23. The summed E-state index contributed by atoms with van der Waals surface area (Å²) >= 11 is 9.04. The second-order valence-electron chi connectivity index (χ2n) is 4.67. The molecule has 0 fully saturated rings. The maximum atomic E-state index is 12.4. The highest BCUT2D eigenvalue weighted by Crippen LogP contribution is 2.35. The molecule has 0 radical (unpaired) electrons. The quantitative estimate of drug-likeness (QED) is 0.522. The van der Waals surface area contributed by atoms with Gasteiger partial charge in [-0.3, -0.25) is 0 Å². The van der Waals surface area contributed by atoms with Crippen molar-refractivity contribution in [3.8, 4) is 17.2 Å². The van der Waals surface area contributed by atoms with Crippen LogP contribution in [0.5, 0.6) is 17.2 Å². The molecular formula is C15H14BrClN2O5S. The topological polar surface area (TPSA) is 97.2 Å². The number of ether oxygens (including phenoxy) is 2. The lowest BCUT2D eigenvalue weighted by molar-refractivity contribution is 0.372. The van der Waals surface area contributed by atoms with E-state index < -0.39 is 10.0 Å². The van der Waals surface area contributed by atoms with Crippen LogP contribution in [0.2, 0.25) is 5.02 Å². The minimum Gasteiger partial charge on any atom is -0.503 e. The zero-order valence-electron chi connectivity index (χ0n) is 13.2. The van der Waals surface area contributed by atoms with Crippen LogP contribution in [-0.4, -0.2) is 34.0 Å². The van der Waals surface area contributed by atoms with Gasteiger partial charge in [0, 0.05) is 10.6 Å². The second-order valence-corrected chi connectivity index (χ2v) is 7.53. The van der Waals surface area contributed by atoms with Gasteiger partial charge in [0.15, 0.2) is 11.5 Å². The van der Waals surface area contributed by atoms with Crippen molar-refractivity contribution in [3.63, 3.8) is 0 Å². The first kappa shape index (κ1) is 19.4. The van der Waals surface area contributed by atoms with Gasteiger partial charge in [-0.25, -0.2) is 0 Å². The number of nitrogens with one attached hydrogen (secondary N) is 1. The third-order valence-corrected chi connectivity index (χ3v) is 5.43. The molecule has 0 aliphatic rings. The first-order valence-electron chi connectivity index (χ1n) is 6.74. The van der Waals surface area contributed by atoms with Crippen LogP contribution in [0.15, 0.2) is 44.8 Å². The van der Waals surface area contributed by atoms with E-state index in [2.05, 4.69) is 25.9 Å². The number of aromatic hydroxyl groups is 1. The lowest BCUT2D eigenvalue weighted by Gasteiger charge is -2.09. The van der Waals surface area contributed by atoms with Crippen LogP contribution in [0, 0.1) is 0 Å². The average molecular weight is 450 g/mol. The Bertz CT molecular complexity index is 918. The lowest BCUT2D eigenvalue weighted by atomic mass is 10.2. The number of benzene rings is 2. The number of nitrogens with zero attached hydrogens (tertiary/aromatic N) is 1. The minimum absolute atomic E-state index is 0.120. The van der Waals surface area contributed by atoms with Crippen molar-refractivity contribution in [2.24, 2.45) is 5.10 Å². The zero-order valence-corrected chi connectivity index (χ0v) is 16.3. The van der Waals surface area contributed by atoms with Crippen LogP contribution in [0.3, 0.4) is 0 Å². The number of methoxy groups -OCH3 is 2. The molecule has 0 atom stereocenters. The number of rotatable bonds is 6. The van der Waals surface area contributed by atoms with Gasteiger partial charge in [-0.15, -0.1) is 0 Å². The maximum absolute atomic E-state index is 12.4. The van der Waals surface area contributed by atoms with Crippen molar-refractivity contribution >= 4 is 43.8 Å². The lowest BCUT2D eigenvalue weighted by Crippen LogP contribution is -2.19. The van der Waals surface area contributed by atoms with Crippen molar-refractivity contribution in [1.29, 1.82) is 0 Å². The smallest absolute Gasteiger partial charge is 0.280 e. The van der Waals surface area contributed by atoms with Crippen LogP contribution < -0.4 is 14.3 Å². The summed E-state index contributed by atoms with van der Waals surface area (Å²) in [5.41, 5.74) is 0.444. The number of sulfonamides is 1. The van der Waals surface area contributed by atoms with Gasteiger partial charge >= 0.3 is 0 Å². The molecule has 10 heteroatoms. The van der Waals surface area contributed by atoms with E-state index in [0.29, 0.717) is 10.0 Å². The molecule has 0 spiro atoms. The van der Waals surface area contributed by atoms with Crippen molar-refractivity contribution in [1.82, 2.24) is 4.83 Å². The van der Waals surface area contributed by atoms with E-state index in [1.54, 1.807) is 6.07 Å². The molecule has 2 aromatic rings. The number of phenolic OH excluding ortho intramolecular Hbond substituents is 1. The van der Waals surface area contributed by atoms with Gasteiger partial charge in [0.05, 0.1) is 24.9 Å². The predicted octanol–water partition coefficient (Wildman–Crippen LogP) is 3.14. The number of hydrogen-bond donors (Lipinski definition) is 2. The molecule has 0 aromatic heterocycles. The third-order valence-electron chi connectivity index (χ3n) is 3.12. The standard InChI is InChI=1S/C15H14BrClN2O5S/c1-23-11-6-4-10(17)7-13(11)25(21,22)19-18-8-9-3-5-12(24-2)15(20)14(9)16/h3-8,19-20H,1-2H3/b18-8+. The summed E-state index contributed by atoms with van der Waals surface area (Å²) in [6.45, 7) is 0. The van der Waals surface area contributed by atoms with Gasteiger partial charge in [-0.05, 0) is 46.3 Å². The van der Waals surface area contributed by atoms with E-state index in [1.165, 1.54) is 44.7 Å².